The molecule has 0 amide bonds. The molecule has 0 aliphatic carbocycles. The van der Waals surface area contributed by atoms with Gasteiger partial charge in [0, 0.05) is 11.6 Å². The van der Waals surface area contributed by atoms with Crippen molar-refractivity contribution in [1.82, 2.24) is 9.97 Å². The highest BCUT2D eigenvalue weighted by Gasteiger charge is 2.26. The van der Waals surface area contributed by atoms with Crippen molar-refractivity contribution >= 4 is 29.3 Å². The van der Waals surface area contributed by atoms with Crippen LogP contribution in [-0.4, -0.2) is 35.4 Å². The van der Waals surface area contributed by atoms with Crippen molar-refractivity contribution in [2.75, 3.05) is 19.5 Å². The third-order valence-corrected chi connectivity index (χ3v) is 7.05. The normalized spacial score (nSPS) is 11.9. The Labute approximate surface area is 233 Å². The molecular formula is C29H32ClN3O4S. The quantitative estimate of drug-likeness (QED) is 0.141. The molecule has 0 spiro atoms. The zero-order valence-electron chi connectivity index (χ0n) is 22.3. The predicted octanol–water partition coefficient (Wildman–Crippen LogP) is 6.60. The Morgan fingerprint density at radius 1 is 1.16 bits per heavy atom. The van der Waals surface area contributed by atoms with Gasteiger partial charge in [-0.3, -0.25) is 4.79 Å². The number of hydrogen-bond acceptors (Lipinski definition) is 8. The number of nitriles is 1. The van der Waals surface area contributed by atoms with Gasteiger partial charge in [0.05, 0.1) is 35.4 Å². The van der Waals surface area contributed by atoms with E-state index >= 15 is 0 Å². The number of carbonyl (C=O) groups is 1. The van der Waals surface area contributed by atoms with Crippen LogP contribution in [0.1, 0.15) is 56.5 Å². The van der Waals surface area contributed by atoms with Gasteiger partial charge in [-0.15, -0.1) is 0 Å². The van der Waals surface area contributed by atoms with E-state index < -0.39 is 5.41 Å². The van der Waals surface area contributed by atoms with Crippen LogP contribution in [0.5, 0.6) is 11.5 Å². The minimum absolute atomic E-state index is 0.242. The van der Waals surface area contributed by atoms with E-state index in [9.17, 15) is 10.1 Å². The fraction of sp³-hybridized carbons (Fsp3) is 0.379. The van der Waals surface area contributed by atoms with Gasteiger partial charge in [0.2, 0.25) is 0 Å². The van der Waals surface area contributed by atoms with Crippen LogP contribution >= 0.6 is 23.4 Å². The number of thioether (sulfide) groups is 1. The van der Waals surface area contributed by atoms with Crippen molar-refractivity contribution in [3.63, 3.8) is 0 Å². The van der Waals surface area contributed by atoms with Crippen LogP contribution in [0.25, 0.3) is 0 Å². The molecule has 0 radical (unpaired) electrons. The van der Waals surface area contributed by atoms with Gasteiger partial charge in [-0.05, 0) is 61.1 Å². The molecule has 0 aliphatic heterocycles. The third kappa shape index (κ3) is 7.40. The number of carbonyl (C=O) groups excluding carboxylic acids is 1. The number of halogens is 1. The van der Waals surface area contributed by atoms with Crippen LogP contribution in [0.15, 0.2) is 53.8 Å². The molecule has 1 atom stereocenters. The lowest BCUT2D eigenvalue weighted by atomic mass is 9.77. The summed E-state index contributed by atoms with van der Waals surface area (Å²) in [7, 11) is 0. The van der Waals surface area contributed by atoms with Gasteiger partial charge in [-0.1, -0.05) is 56.3 Å². The Bertz CT molecular complexity index is 1290. The lowest BCUT2D eigenvalue weighted by Gasteiger charge is -2.27. The molecule has 0 fully saturated rings. The van der Waals surface area contributed by atoms with E-state index in [1.54, 1.807) is 26.1 Å². The molecule has 1 heterocycles. The standard InChI is InChI=1S/C29H32ClN3O4S/c1-6-35-27(34)19(2)12-14-36-26-20(17-31)15-22(16-25(26)30)29(3,4)21-7-9-24(10-8-21)37-18-23-11-13-32-28(33-23)38-5/h7-11,13,15-16,19H,6,12,14,18H2,1-5H3. The SMILES string of the molecule is CCOC(=O)C(C)CCOc1c(Cl)cc(C(C)(C)c2ccc(OCc3ccnc(SC)n3)cc2)cc1C#N. The van der Waals surface area contributed by atoms with E-state index in [1.165, 1.54) is 11.8 Å². The fourth-order valence-corrected chi connectivity index (χ4v) is 4.42. The zero-order valence-corrected chi connectivity index (χ0v) is 23.9. The van der Waals surface area contributed by atoms with Crippen molar-refractivity contribution in [2.45, 2.75) is 51.3 Å². The summed E-state index contributed by atoms with van der Waals surface area (Å²) in [5.74, 6) is 0.474. The maximum Gasteiger partial charge on any atom is 0.308 e. The van der Waals surface area contributed by atoms with Crippen molar-refractivity contribution in [3.8, 4) is 17.6 Å². The van der Waals surface area contributed by atoms with Crippen LogP contribution < -0.4 is 9.47 Å². The molecule has 3 aromatic rings. The average Bonchev–Trinajstić information content (AvgIpc) is 2.92. The van der Waals surface area contributed by atoms with Crippen molar-refractivity contribution < 1.29 is 19.0 Å². The molecule has 7 nitrogen and oxygen atoms in total. The number of nitrogens with zero attached hydrogens (tertiary/aromatic N) is 3. The van der Waals surface area contributed by atoms with Gasteiger partial charge in [0.15, 0.2) is 10.9 Å². The first-order valence-electron chi connectivity index (χ1n) is 12.3. The lowest BCUT2D eigenvalue weighted by Crippen LogP contribution is -2.20. The second-order valence-corrected chi connectivity index (χ2v) is 10.4. The van der Waals surface area contributed by atoms with Crippen molar-refractivity contribution in [1.29, 1.82) is 5.26 Å². The number of esters is 1. The molecule has 200 valence electrons. The number of hydrogen-bond donors (Lipinski definition) is 0. The summed E-state index contributed by atoms with van der Waals surface area (Å²) in [6.45, 7) is 8.63. The number of ether oxygens (including phenoxy) is 3. The number of aromatic nitrogens is 2. The summed E-state index contributed by atoms with van der Waals surface area (Å²) in [5.41, 5.74) is 2.63. The van der Waals surface area contributed by atoms with Crippen molar-refractivity contribution in [3.05, 3.63) is 76.1 Å². The van der Waals surface area contributed by atoms with Crippen LogP contribution in [0.3, 0.4) is 0 Å². The van der Waals surface area contributed by atoms with Gasteiger partial charge in [-0.25, -0.2) is 9.97 Å². The molecule has 0 bridgehead atoms. The second-order valence-electron chi connectivity index (χ2n) is 9.21. The van der Waals surface area contributed by atoms with E-state index in [1.807, 2.05) is 42.7 Å². The van der Waals surface area contributed by atoms with Gasteiger partial charge >= 0.3 is 5.97 Å². The molecule has 1 unspecified atom stereocenters. The predicted molar refractivity (Wildman–Crippen MR) is 149 cm³/mol. The molecule has 0 saturated heterocycles. The molecule has 0 aliphatic rings. The zero-order chi connectivity index (χ0) is 27.7. The van der Waals surface area contributed by atoms with E-state index in [2.05, 4.69) is 29.9 Å². The van der Waals surface area contributed by atoms with Crippen LogP contribution in [0.2, 0.25) is 5.02 Å². The Morgan fingerprint density at radius 3 is 2.55 bits per heavy atom. The minimum Gasteiger partial charge on any atom is -0.491 e. The molecular weight excluding hydrogens is 522 g/mol. The summed E-state index contributed by atoms with van der Waals surface area (Å²) in [6, 6.07) is 15.5. The summed E-state index contributed by atoms with van der Waals surface area (Å²) in [4.78, 5) is 20.5. The van der Waals surface area contributed by atoms with Crippen molar-refractivity contribution in [2.24, 2.45) is 5.92 Å². The molecule has 9 heteroatoms. The van der Waals surface area contributed by atoms with Crippen LogP contribution in [0.4, 0.5) is 0 Å². The summed E-state index contributed by atoms with van der Waals surface area (Å²) < 4.78 is 16.8. The maximum atomic E-state index is 11.8. The minimum atomic E-state index is -0.440. The Balaban J connectivity index is 1.70. The fourth-order valence-electron chi connectivity index (χ4n) is 3.77. The highest BCUT2D eigenvalue weighted by atomic mass is 35.5. The maximum absolute atomic E-state index is 11.8. The van der Waals surface area contributed by atoms with E-state index in [-0.39, 0.29) is 18.5 Å². The lowest BCUT2D eigenvalue weighted by molar-refractivity contribution is -0.147. The average molecular weight is 554 g/mol. The topological polar surface area (TPSA) is 94.3 Å². The van der Waals surface area contributed by atoms with Gasteiger partial charge in [0.25, 0.3) is 0 Å². The highest BCUT2D eigenvalue weighted by Crippen LogP contribution is 2.38. The van der Waals surface area contributed by atoms with Gasteiger partial charge in [-0.2, -0.15) is 5.26 Å². The molecule has 2 aromatic carbocycles. The monoisotopic (exact) mass is 553 g/mol. The molecule has 0 N–H and O–H groups in total. The largest absolute Gasteiger partial charge is 0.491 e. The number of rotatable bonds is 12. The van der Waals surface area contributed by atoms with E-state index in [4.69, 9.17) is 25.8 Å². The molecule has 3 rings (SSSR count). The van der Waals surface area contributed by atoms with Crippen LogP contribution in [-0.2, 0) is 21.6 Å². The Hall–Kier alpha value is -3.28. The highest BCUT2D eigenvalue weighted by molar-refractivity contribution is 7.98. The first kappa shape index (κ1) is 29.3. The molecule has 0 saturated carbocycles. The Morgan fingerprint density at radius 2 is 1.89 bits per heavy atom. The molecule has 38 heavy (non-hydrogen) atoms. The van der Waals surface area contributed by atoms with E-state index in [0.717, 1.165) is 22.6 Å². The first-order chi connectivity index (χ1) is 18.2. The van der Waals surface area contributed by atoms with Gasteiger partial charge in [0.1, 0.15) is 18.4 Å². The Kier molecular flexibility index (Phi) is 10.4. The third-order valence-electron chi connectivity index (χ3n) is 6.21. The summed E-state index contributed by atoms with van der Waals surface area (Å²) in [6.07, 6.45) is 4.12. The smallest absolute Gasteiger partial charge is 0.308 e. The summed E-state index contributed by atoms with van der Waals surface area (Å²) >= 11 is 8.07. The van der Waals surface area contributed by atoms with Crippen LogP contribution in [0, 0.1) is 17.2 Å². The number of benzene rings is 2. The van der Waals surface area contributed by atoms with Gasteiger partial charge < -0.3 is 14.2 Å². The second kappa shape index (κ2) is 13.5. The summed E-state index contributed by atoms with van der Waals surface area (Å²) in [5, 5.41) is 10.9. The molecule has 1 aromatic heterocycles. The van der Waals surface area contributed by atoms with E-state index in [0.29, 0.717) is 41.1 Å². The first-order valence-corrected chi connectivity index (χ1v) is 13.9.